The lowest BCUT2D eigenvalue weighted by Gasteiger charge is -2.08. The molecule has 0 bridgehead atoms. The van der Waals surface area contributed by atoms with E-state index < -0.39 is 5.97 Å². The van der Waals surface area contributed by atoms with Crippen LogP contribution in [0, 0.1) is 0 Å². The molecule has 0 unspecified atom stereocenters. The molecule has 0 aliphatic rings. The minimum atomic E-state index is -0.957. The molecular weight excluding hydrogens is 312 g/mol. The highest BCUT2D eigenvalue weighted by Gasteiger charge is 2.10. The Bertz CT molecular complexity index is 868. The summed E-state index contributed by atoms with van der Waals surface area (Å²) >= 11 is 0. The van der Waals surface area contributed by atoms with Gasteiger partial charge in [0.2, 0.25) is 0 Å². The Morgan fingerprint density at radius 1 is 0.880 bits per heavy atom. The highest BCUT2D eigenvalue weighted by Crippen LogP contribution is 2.22. The Labute approximate surface area is 146 Å². The smallest absolute Gasteiger partial charge is 0.336 e. The van der Waals surface area contributed by atoms with E-state index in [1.54, 1.807) is 18.2 Å². The molecule has 124 valence electrons. The van der Waals surface area contributed by atoms with Gasteiger partial charge in [0.15, 0.2) is 0 Å². The lowest BCUT2D eigenvalue weighted by molar-refractivity contribution is -0.130. The van der Waals surface area contributed by atoms with E-state index in [4.69, 9.17) is 4.74 Å². The first kappa shape index (κ1) is 16.5. The molecule has 3 aromatic carbocycles. The Balaban J connectivity index is 1.81. The van der Waals surface area contributed by atoms with E-state index in [0.717, 1.165) is 11.1 Å². The van der Waals surface area contributed by atoms with Crippen LogP contribution in [0.5, 0.6) is 5.75 Å². The number of rotatable bonds is 6. The number of carboxylic acids is 1. The SMILES string of the molecule is O=C(O)C(=Cc1cccc(OCc2ccccc2)c1)c1ccccc1. The molecule has 0 aliphatic heterocycles. The molecule has 0 atom stereocenters. The lowest BCUT2D eigenvalue weighted by Crippen LogP contribution is -1.99. The van der Waals surface area contributed by atoms with Crippen molar-refractivity contribution in [3.05, 3.63) is 102 Å². The molecule has 0 aromatic heterocycles. The molecule has 0 aliphatic carbocycles. The van der Waals surface area contributed by atoms with Gasteiger partial charge in [-0.2, -0.15) is 0 Å². The zero-order valence-corrected chi connectivity index (χ0v) is 13.6. The van der Waals surface area contributed by atoms with Gasteiger partial charge in [0.05, 0.1) is 5.57 Å². The molecule has 3 heteroatoms. The largest absolute Gasteiger partial charge is 0.489 e. The Hall–Kier alpha value is -3.33. The molecule has 0 amide bonds. The van der Waals surface area contributed by atoms with Gasteiger partial charge in [-0.05, 0) is 34.9 Å². The zero-order valence-electron chi connectivity index (χ0n) is 13.6. The van der Waals surface area contributed by atoms with E-state index in [2.05, 4.69) is 0 Å². The van der Waals surface area contributed by atoms with Crippen LogP contribution in [0.2, 0.25) is 0 Å². The maximum Gasteiger partial charge on any atom is 0.336 e. The summed E-state index contributed by atoms with van der Waals surface area (Å²) in [7, 11) is 0. The van der Waals surface area contributed by atoms with E-state index in [1.807, 2.05) is 72.8 Å². The quantitative estimate of drug-likeness (QED) is 0.517. The highest BCUT2D eigenvalue weighted by molar-refractivity contribution is 6.20. The summed E-state index contributed by atoms with van der Waals surface area (Å²) in [4.78, 5) is 11.6. The Morgan fingerprint density at radius 3 is 2.24 bits per heavy atom. The Kier molecular flexibility index (Phi) is 5.27. The third-order valence-electron chi connectivity index (χ3n) is 3.73. The van der Waals surface area contributed by atoms with Crippen molar-refractivity contribution in [2.45, 2.75) is 6.61 Å². The van der Waals surface area contributed by atoms with E-state index in [9.17, 15) is 9.90 Å². The summed E-state index contributed by atoms with van der Waals surface area (Å²) < 4.78 is 5.80. The zero-order chi connectivity index (χ0) is 17.5. The van der Waals surface area contributed by atoms with Gasteiger partial charge in [-0.1, -0.05) is 72.8 Å². The van der Waals surface area contributed by atoms with Crippen LogP contribution in [-0.2, 0) is 11.4 Å². The van der Waals surface area contributed by atoms with E-state index in [0.29, 0.717) is 17.9 Å². The number of ether oxygens (including phenoxy) is 1. The molecule has 0 heterocycles. The third kappa shape index (κ3) is 4.58. The number of hydrogen-bond donors (Lipinski definition) is 1. The number of hydrogen-bond acceptors (Lipinski definition) is 2. The molecule has 3 rings (SSSR count). The van der Waals surface area contributed by atoms with Crippen molar-refractivity contribution in [2.24, 2.45) is 0 Å². The number of aliphatic carboxylic acids is 1. The molecule has 0 fully saturated rings. The van der Waals surface area contributed by atoms with Crippen molar-refractivity contribution in [1.29, 1.82) is 0 Å². The standard InChI is InChI=1S/C22H18O3/c23-22(24)21(19-11-5-2-6-12-19)15-18-10-7-13-20(14-18)25-16-17-8-3-1-4-9-17/h1-15H,16H2,(H,23,24). The molecule has 0 saturated heterocycles. The van der Waals surface area contributed by atoms with Crippen LogP contribution in [0.15, 0.2) is 84.9 Å². The van der Waals surface area contributed by atoms with Crippen LogP contribution in [-0.4, -0.2) is 11.1 Å². The first-order valence-electron chi connectivity index (χ1n) is 7.99. The van der Waals surface area contributed by atoms with Crippen molar-refractivity contribution in [1.82, 2.24) is 0 Å². The molecule has 3 aromatic rings. The summed E-state index contributed by atoms with van der Waals surface area (Å²) in [5.41, 5.74) is 2.79. The number of carboxylic acid groups (broad SMARTS) is 1. The van der Waals surface area contributed by atoms with Gasteiger partial charge in [0, 0.05) is 0 Å². The van der Waals surface area contributed by atoms with Gasteiger partial charge in [-0.25, -0.2) is 4.79 Å². The Morgan fingerprint density at radius 2 is 1.56 bits per heavy atom. The van der Waals surface area contributed by atoms with Gasteiger partial charge >= 0.3 is 5.97 Å². The monoisotopic (exact) mass is 330 g/mol. The summed E-state index contributed by atoms with van der Waals surface area (Å²) in [6, 6.07) is 26.4. The molecule has 0 radical (unpaired) electrons. The highest BCUT2D eigenvalue weighted by atomic mass is 16.5. The van der Waals surface area contributed by atoms with Gasteiger partial charge in [-0.15, -0.1) is 0 Å². The van der Waals surface area contributed by atoms with E-state index in [-0.39, 0.29) is 5.57 Å². The normalized spacial score (nSPS) is 11.1. The fraction of sp³-hybridized carbons (Fsp3) is 0.0455. The predicted octanol–water partition coefficient (Wildman–Crippen LogP) is 4.89. The summed E-state index contributed by atoms with van der Waals surface area (Å²) in [6.07, 6.45) is 1.66. The molecule has 3 nitrogen and oxygen atoms in total. The fourth-order valence-electron chi connectivity index (χ4n) is 2.49. The average Bonchev–Trinajstić information content (AvgIpc) is 2.66. The number of benzene rings is 3. The fourth-order valence-corrected chi connectivity index (χ4v) is 2.49. The first-order chi connectivity index (χ1) is 12.2. The molecule has 1 N–H and O–H groups in total. The second kappa shape index (κ2) is 7.97. The maximum absolute atomic E-state index is 11.6. The maximum atomic E-state index is 11.6. The lowest BCUT2D eigenvalue weighted by atomic mass is 10.0. The first-order valence-corrected chi connectivity index (χ1v) is 7.99. The molecule has 0 saturated carbocycles. The second-order valence-electron chi connectivity index (χ2n) is 5.58. The van der Waals surface area contributed by atoms with E-state index >= 15 is 0 Å². The molecule has 25 heavy (non-hydrogen) atoms. The van der Waals surface area contributed by atoms with Crippen LogP contribution in [0.3, 0.4) is 0 Å². The number of carbonyl (C=O) groups is 1. The third-order valence-corrected chi connectivity index (χ3v) is 3.73. The molecular formula is C22H18O3. The van der Waals surface area contributed by atoms with Gasteiger partial charge in [0.1, 0.15) is 12.4 Å². The summed E-state index contributed by atoms with van der Waals surface area (Å²) in [5.74, 6) is -0.253. The van der Waals surface area contributed by atoms with Gasteiger partial charge < -0.3 is 9.84 Å². The summed E-state index contributed by atoms with van der Waals surface area (Å²) in [6.45, 7) is 0.471. The van der Waals surface area contributed by atoms with Crippen LogP contribution in [0.25, 0.3) is 11.6 Å². The van der Waals surface area contributed by atoms with Crippen LogP contribution >= 0.6 is 0 Å². The minimum Gasteiger partial charge on any atom is -0.489 e. The molecule has 0 spiro atoms. The topological polar surface area (TPSA) is 46.5 Å². The van der Waals surface area contributed by atoms with Crippen LogP contribution in [0.1, 0.15) is 16.7 Å². The van der Waals surface area contributed by atoms with Gasteiger partial charge in [0.25, 0.3) is 0 Å². The van der Waals surface area contributed by atoms with Crippen molar-refractivity contribution in [3.63, 3.8) is 0 Å². The van der Waals surface area contributed by atoms with E-state index in [1.165, 1.54) is 0 Å². The average molecular weight is 330 g/mol. The van der Waals surface area contributed by atoms with Gasteiger partial charge in [-0.3, -0.25) is 0 Å². The van der Waals surface area contributed by atoms with Crippen molar-refractivity contribution >= 4 is 17.6 Å². The van der Waals surface area contributed by atoms with Crippen molar-refractivity contribution < 1.29 is 14.6 Å². The summed E-state index contributed by atoms with van der Waals surface area (Å²) in [5, 5.41) is 9.51. The second-order valence-corrected chi connectivity index (χ2v) is 5.58. The van der Waals surface area contributed by atoms with Crippen molar-refractivity contribution in [3.8, 4) is 5.75 Å². The van der Waals surface area contributed by atoms with Crippen LogP contribution in [0.4, 0.5) is 0 Å². The van der Waals surface area contributed by atoms with Crippen molar-refractivity contribution in [2.75, 3.05) is 0 Å². The minimum absolute atomic E-state index is 0.251. The van der Waals surface area contributed by atoms with Crippen LogP contribution < -0.4 is 4.74 Å². The predicted molar refractivity (Wildman–Crippen MR) is 99.2 cm³/mol.